The highest BCUT2D eigenvalue weighted by atomic mass is 16.5. The molecule has 1 heterocycles. The molecule has 1 N–H and O–H groups in total. The van der Waals surface area contributed by atoms with E-state index in [0.717, 1.165) is 19.3 Å². The molecule has 92 valence electrons. The molecule has 2 nitrogen and oxygen atoms in total. The number of hydrogen-bond acceptors (Lipinski definition) is 2. The van der Waals surface area contributed by atoms with E-state index in [-0.39, 0.29) is 0 Å². The first kappa shape index (κ1) is 12.0. The second kappa shape index (κ2) is 4.79. The van der Waals surface area contributed by atoms with E-state index in [0.29, 0.717) is 30.0 Å². The molecule has 0 aromatic heterocycles. The Hall–Kier alpha value is -0.500. The zero-order valence-corrected chi connectivity index (χ0v) is 10.5. The van der Waals surface area contributed by atoms with Crippen molar-refractivity contribution in [2.75, 3.05) is 6.61 Å². The average Bonchev–Trinajstić information content (AvgIpc) is 2.26. The van der Waals surface area contributed by atoms with Gasteiger partial charge in [-0.05, 0) is 49.5 Å². The van der Waals surface area contributed by atoms with Crippen LogP contribution in [0.25, 0.3) is 0 Å². The maximum Gasteiger partial charge on any atom is 0.102 e. The molecule has 0 aromatic rings. The van der Waals surface area contributed by atoms with Crippen LogP contribution >= 0.6 is 0 Å². The molecule has 1 aliphatic carbocycles. The summed E-state index contributed by atoms with van der Waals surface area (Å²) in [6, 6.07) is 0. The summed E-state index contributed by atoms with van der Waals surface area (Å²) in [5.74, 6) is 1.38. The number of ether oxygens (including phenoxy) is 1. The summed E-state index contributed by atoms with van der Waals surface area (Å²) in [6.45, 7) is 4.97. The van der Waals surface area contributed by atoms with Crippen LogP contribution in [0.3, 0.4) is 0 Å². The van der Waals surface area contributed by atoms with Gasteiger partial charge in [0.15, 0.2) is 0 Å². The first-order valence-electron chi connectivity index (χ1n) is 6.58. The zero-order valence-electron chi connectivity index (χ0n) is 10.5. The van der Waals surface area contributed by atoms with Crippen molar-refractivity contribution in [3.63, 3.8) is 0 Å². The standard InChI is InChI=1S/C14H24O2/c1-11-5-9-16-13-10-14(2,6-3-8-15)7-4-12(11)13/h5,9,11-13,15H,3-4,6-8,10H2,1-2H3. The average molecular weight is 224 g/mol. The lowest BCUT2D eigenvalue weighted by atomic mass is 9.65. The maximum atomic E-state index is 8.94. The van der Waals surface area contributed by atoms with Crippen molar-refractivity contribution < 1.29 is 9.84 Å². The Morgan fingerprint density at radius 3 is 3.06 bits per heavy atom. The van der Waals surface area contributed by atoms with Gasteiger partial charge in [-0.2, -0.15) is 0 Å². The summed E-state index contributed by atoms with van der Waals surface area (Å²) >= 11 is 0. The largest absolute Gasteiger partial charge is 0.498 e. The molecule has 1 fully saturated rings. The van der Waals surface area contributed by atoms with Crippen LogP contribution < -0.4 is 0 Å². The molecule has 4 unspecified atom stereocenters. The molecular weight excluding hydrogens is 200 g/mol. The summed E-state index contributed by atoms with van der Waals surface area (Å²) in [6.07, 6.45) is 10.3. The Morgan fingerprint density at radius 1 is 1.50 bits per heavy atom. The van der Waals surface area contributed by atoms with E-state index >= 15 is 0 Å². The van der Waals surface area contributed by atoms with Crippen molar-refractivity contribution in [2.45, 2.75) is 52.1 Å². The molecule has 0 radical (unpaired) electrons. The second-order valence-corrected chi connectivity index (χ2v) is 5.91. The van der Waals surface area contributed by atoms with Crippen LogP contribution in [-0.2, 0) is 4.74 Å². The van der Waals surface area contributed by atoms with Gasteiger partial charge in [0.25, 0.3) is 0 Å². The van der Waals surface area contributed by atoms with Gasteiger partial charge < -0.3 is 9.84 Å². The van der Waals surface area contributed by atoms with Crippen LogP contribution in [0.4, 0.5) is 0 Å². The second-order valence-electron chi connectivity index (χ2n) is 5.91. The topological polar surface area (TPSA) is 29.5 Å². The van der Waals surface area contributed by atoms with Crippen LogP contribution in [0.2, 0.25) is 0 Å². The third-order valence-corrected chi connectivity index (χ3v) is 4.50. The maximum absolute atomic E-state index is 8.94. The smallest absolute Gasteiger partial charge is 0.102 e. The van der Waals surface area contributed by atoms with Crippen LogP contribution in [-0.4, -0.2) is 17.8 Å². The molecule has 0 bridgehead atoms. The molecular formula is C14H24O2. The predicted octanol–water partition coefficient (Wildman–Crippen LogP) is 3.11. The Morgan fingerprint density at radius 2 is 2.31 bits per heavy atom. The summed E-state index contributed by atoms with van der Waals surface area (Å²) in [5.41, 5.74) is 0.384. The van der Waals surface area contributed by atoms with Gasteiger partial charge in [-0.25, -0.2) is 0 Å². The van der Waals surface area contributed by atoms with Gasteiger partial charge in [0.2, 0.25) is 0 Å². The van der Waals surface area contributed by atoms with E-state index in [2.05, 4.69) is 19.9 Å². The molecule has 0 amide bonds. The summed E-state index contributed by atoms with van der Waals surface area (Å²) in [4.78, 5) is 0. The number of rotatable bonds is 3. The summed E-state index contributed by atoms with van der Waals surface area (Å²) in [7, 11) is 0. The Balaban J connectivity index is 1.97. The van der Waals surface area contributed by atoms with E-state index < -0.39 is 0 Å². The number of aliphatic hydroxyl groups excluding tert-OH is 1. The molecule has 1 saturated carbocycles. The van der Waals surface area contributed by atoms with Crippen molar-refractivity contribution in [3.8, 4) is 0 Å². The van der Waals surface area contributed by atoms with Crippen molar-refractivity contribution >= 4 is 0 Å². The van der Waals surface area contributed by atoms with E-state index in [1.807, 2.05) is 6.26 Å². The molecule has 0 aromatic carbocycles. The monoisotopic (exact) mass is 224 g/mol. The third-order valence-electron chi connectivity index (χ3n) is 4.50. The molecule has 16 heavy (non-hydrogen) atoms. The van der Waals surface area contributed by atoms with Crippen molar-refractivity contribution in [1.82, 2.24) is 0 Å². The normalized spacial score (nSPS) is 42.6. The number of fused-ring (bicyclic) bond motifs is 1. The lowest BCUT2D eigenvalue weighted by Gasteiger charge is -2.45. The Labute approximate surface area is 98.7 Å². The van der Waals surface area contributed by atoms with Gasteiger partial charge in [-0.15, -0.1) is 0 Å². The first-order chi connectivity index (χ1) is 7.64. The molecule has 0 saturated heterocycles. The van der Waals surface area contributed by atoms with Crippen molar-refractivity contribution in [2.24, 2.45) is 17.3 Å². The molecule has 0 spiro atoms. The van der Waals surface area contributed by atoms with Gasteiger partial charge in [-0.1, -0.05) is 13.8 Å². The number of hydrogen-bond donors (Lipinski definition) is 1. The van der Waals surface area contributed by atoms with E-state index in [9.17, 15) is 0 Å². The van der Waals surface area contributed by atoms with Crippen LogP contribution in [0.1, 0.15) is 46.0 Å². The quantitative estimate of drug-likeness (QED) is 0.798. The minimum Gasteiger partial charge on any atom is -0.498 e. The van der Waals surface area contributed by atoms with E-state index in [4.69, 9.17) is 9.84 Å². The van der Waals surface area contributed by atoms with Gasteiger partial charge >= 0.3 is 0 Å². The number of allylic oxidation sites excluding steroid dienone is 1. The van der Waals surface area contributed by atoms with Crippen LogP contribution in [0.5, 0.6) is 0 Å². The fourth-order valence-corrected chi connectivity index (χ4v) is 3.34. The Kier molecular flexibility index (Phi) is 3.58. The van der Waals surface area contributed by atoms with Gasteiger partial charge in [0.05, 0.1) is 6.26 Å². The first-order valence-corrected chi connectivity index (χ1v) is 6.58. The highest BCUT2D eigenvalue weighted by Gasteiger charge is 2.40. The summed E-state index contributed by atoms with van der Waals surface area (Å²) < 4.78 is 5.78. The molecule has 2 heteroatoms. The minimum atomic E-state index is 0.320. The Bertz CT molecular complexity index is 261. The number of aliphatic hydroxyl groups is 1. The van der Waals surface area contributed by atoms with Gasteiger partial charge in [0, 0.05) is 12.5 Å². The van der Waals surface area contributed by atoms with E-state index in [1.54, 1.807) is 0 Å². The summed E-state index contributed by atoms with van der Waals surface area (Å²) in [5, 5.41) is 8.94. The molecule has 4 atom stereocenters. The highest BCUT2D eigenvalue weighted by molar-refractivity contribution is 4.99. The SMILES string of the molecule is CC1C=COC2CC(C)(CCCO)CCC12. The van der Waals surface area contributed by atoms with Gasteiger partial charge in [-0.3, -0.25) is 0 Å². The molecule has 2 rings (SSSR count). The fourth-order valence-electron chi connectivity index (χ4n) is 3.34. The third kappa shape index (κ3) is 2.42. The van der Waals surface area contributed by atoms with E-state index in [1.165, 1.54) is 12.8 Å². The predicted molar refractivity (Wildman–Crippen MR) is 64.9 cm³/mol. The molecule has 2 aliphatic rings. The molecule has 1 aliphatic heterocycles. The lowest BCUT2D eigenvalue weighted by molar-refractivity contribution is -0.0322. The van der Waals surface area contributed by atoms with Crippen molar-refractivity contribution in [3.05, 3.63) is 12.3 Å². The fraction of sp³-hybridized carbons (Fsp3) is 0.857. The van der Waals surface area contributed by atoms with Crippen LogP contribution in [0.15, 0.2) is 12.3 Å². The van der Waals surface area contributed by atoms with Crippen molar-refractivity contribution in [1.29, 1.82) is 0 Å². The minimum absolute atomic E-state index is 0.320. The lowest BCUT2D eigenvalue weighted by Crippen LogP contribution is -2.40. The highest BCUT2D eigenvalue weighted by Crippen LogP contribution is 2.46. The van der Waals surface area contributed by atoms with Crippen LogP contribution in [0, 0.1) is 17.3 Å². The zero-order chi connectivity index (χ0) is 11.6. The van der Waals surface area contributed by atoms with Gasteiger partial charge in [0.1, 0.15) is 6.10 Å².